The van der Waals surface area contributed by atoms with Gasteiger partial charge >= 0.3 is 0 Å². The summed E-state index contributed by atoms with van der Waals surface area (Å²) in [5, 5.41) is 4.48. The highest BCUT2D eigenvalue weighted by atomic mass is 19.1. The van der Waals surface area contributed by atoms with E-state index in [0.29, 0.717) is 22.4 Å². The van der Waals surface area contributed by atoms with Crippen LogP contribution in [0.15, 0.2) is 85.1 Å². The molecule has 0 fully saturated rings. The van der Waals surface area contributed by atoms with Crippen LogP contribution in [0.25, 0.3) is 28.1 Å². The molecule has 0 amide bonds. The molecule has 0 aliphatic heterocycles. The Kier molecular flexibility index (Phi) is 4.15. The van der Waals surface area contributed by atoms with E-state index < -0.39 is 0 Å². The van der Waals surface area contributed by atoms with Crippen molar-refractivity contribution in [1.82, 2.24) is 9.78 Å². The summed E-state index contributed by atoms with van der Waals surface area (Å²) < 4.78 is 16.3. The summed E-state index contributed by atoms with van der Waals surface area (Å²) in [6.45, 7) is 0. The highest BCUT2D eigenvalue weighted by Crippen LogP contribution is 2.29. The molecule has 0 saturated carbocycles. The Morgan fingerprint density at radius 3 is 2.19 bits per heavy atom. The van der Waals surface area contributed by atoms with Crippen molar-refractivity contribution in [1.29, 1.82) is 0 Å². The number of hydrogen-bond acceptors (Lipinski definition) is 2. The third-order valence-corrected chi connectivity index (χ3v) is 4.22. The van der Waals surface area contributed by atoms with Crippen molar-refractivity contribution in [3.8, 4) is 28.1 Å². The van der Waals surface area contributed by atoms with E-state index in [1.165, 1.54) is 6.07 Å². The molecule has 126 valence electrons. The molecular formula is C22H15FN2O. The molecule has 26 heavy (non-hydrogen) atoms. The van der Waals surface area contributed by atoms with Crippen molar-refractivity contribution in [2.75, 3.05) is 0 Å². The summed E-state index contributed by atoms with van der Waals surface area (Å²) in [7, 11) is 0. The first-order chi connectivity index (χ1) is 12.8. The molecule has 0 aliphatic rings. The van der Waals surface area contributed by atoms with Crippen molar-refractivity contribution in [3.05, 3.63) is 96.4 Å². The number of rotatable bonds is 4. The van der Waals surface area contributed by atoms with Crippen LogP contribution >= 0.6 is 0 Å². The molecule has 0 atom stereocenters. The van der Waals surface area contributed by atoms with Gasteiger partial charge < -0.3 is 0 Å². The summed E-state index contributed by atoms with van der Waals surface area (Å²) in [6, 6.07) is 23.8. The van der Waals surface area contributed by atoms with Crippen LogP contribution < -0.4 is 0 Å². The zero-order valence-electron chi connectivity index (χ0n) is 13.8. The van der Waals surface area contributed by atoms with E-state index in [1.54, 1.807) is 23.0 Å². The molecule has 4 aromatic rings. The SMILES string of the molecule is O=Cc1cn(-c2ccccc2)nc1-c1ccc(-c2ccccc2)c(F)c1. The van der Waals surface area contributed by atoms with E-state index in [9.17, 15) is 9.18 Å². The predicted octanol–water partition coefficient (Wildman–Crippen LogP) is 5.16. The predicted molar refractivity (Wildman–Crippen MR) is 99.8 cm³/mol. The quantitative estimate of drug-likeness (QED) is 0.480. The van der Waals surface area contributed by atoms with Gasteiger partial charge in [0.25, 0.3) is 0 Å². The normalized spacial score (nSPS) is 10.7. The Morgan fingerprint density at radius 1 is 0.846 bits per heavy atom. The smallest absolute Gasteiger partial charge is 0.153 e. The number of carbonyl (C=O) groups is 1. The summed E-state index contributed by atoms with van der Waals surface area (Å²) >= 11 is 0. The Hall–Kier alpha value is -3.53. The van der Waals surface area contributed by atoms with Crippen LogP contribution in [0.4, 0.5) is 4.39 Å². The second kappa shape index (κ2) is 6.76. The Morgan fingerprint density at radius 2 is 1.54 bits per heavy atom. The molecule has 1 aromatic heterocycles. The average Bonchev–Trinajstić information content (AvgIpc) is 3.14. The summed E-state index contributed by atoms with van der Waals surface area (Å²) in [4.78, 5) is 11.5. The lowest BCUT2D eigenvalue weighted by Gasteiger charge is -2.06. The third kappa shape index (κ3) is 2.93. The standard InChI is InChI=1S/C22H15FN2O/c23-21-13-17(11-12-20(21)16-7-3-1-4-8-16)22-18(15-26)14-25(24-22)19-9-5-2-6-10-19/h1-15H. The first-order valence-electron chi connectivity index (χ1n) is 8.22. The Bertz CT molecular complexity index is 1060. The van der Waals surface area contributed by atoms with Gasteiger partial charge in [-0.15, -0.1) is 0 Å². The first-order valence-corrected chi connectivity index (χ1v) is 8.22. The number of aldehydes is 1. The fourth-order valence-electron chi connectivity index (χ4n) is 2.93. The number of para-hydroxylation sites is 1. The van der Waals surface area contributed by atoms with E-state index in [2.05, 4.69) is 5.10 Å². The molecule has 3 aromatic carbocycles. The van der Waals surface area contributed by atoms with Gasteiger partial charge in [-0.1, -0.05) is 60.7 Å². The fourth-order valence-corrected chi connectivity index (χ4v) is 2.93. The van der Waals surface area contributed by atoms with Crippen molar-refractivity contribution < 1.29 is 9.18 Å². The molecule has 0 saturated heterocycles. The van der Waals surface area contributed by atoms with E-state index in [0.717, 1.165) is 17.5 Å². The Labute approximate surface area is 150 Å². The molecule has 0 bridgehead atoms. The highest BCUT2D eigenvalue weighted by Gasteiger charge is 2.14. The molecule has 0 N–H and O–H groups in total. The highest BCUT2D eigenvalue weighted by molar-refractivity contribution is 5.86. The number of halogens is 1. The van der Waals surface area contributed by atoms with Crippen LogP contribution in [-0.2, 0) is 0 Å². The second-order valence-corrected chi connectivity index (χ2v) is 5.89. The van der Waals surface area contributed by atoms with Gasteiger partial charge in [0.05, 0.1) is 11.3 Å². The molecule has 3 nitrogen and oxygen atoms in total. The van der Waals surface area contributed by atoms with Crippen LogP contribution in [0.2, 0.25) is 0 Å². The molecule has 0 spiro atoms. The summed E-state index contributed by atoms with van der Waals surface area (Å²) in [5.41, 5.74) is 3.61. The third-order valence-electron chi connectivity index (χ3n) is 4.22. The van der Waals surface area contributed by atoms with Gasteiger partial charge in [-0.05, 0) is 23.8 Å². The first kappa shape index (κ1) is 16.0. The average molecular weight is 342 g/mol. The molecule has 0 radical (unpaired) electrons. The topological polar surface area (TPSA) is 34.9 Å². The lowest BCUT2D eigenvalue weighted by molar-refractivity contribution is 0.112. The van der Waals surface area contributed by atoms with Crippen molar-refractivity contribution in [2.24, 2.45) is 0 Å². The molecule has 0 aliphatic carbocycles. The molecular weight excluding hydrogens is 327 g/mol. The second-order valence-electron chi connectivity index (χ2n) is 5.89. The van der Waals surface area contributed by atoms with Gasteiger partial charge in [0.1, 0.15) is 11.5 Å². The fraction of sp³-hybridized carbons (Fsp3) is 0. The van der Waals surface area contributed by atoms with E-state index in [4.69, 9.17) is 0 Å². The van der Waals surface area contributed by atoms with Gasteiger partial charge in [0, 0.05) is 17.3 Å². The zero-order chi connectivity index (χ0) is 17.9. The van der Waals surface area contributed by atoms with Crippen LogP contribution in [-0.4, -0.2) is 16.1 Å². The van der Waals surface area contributed by atoms with Crippen molar-refractivity contribution in [3.63, 3.8) is 0 Å². The molecule has 4 heteroatoms. The molecule has 1 heterocycles. The van der Waals surface area contributed by atoms with Crippen LogP contribution in [0.3, 0.4) is 0 Å². The summed E-state index contributed by atoms with van der Waals surface area (Å²) in [5.74, 6) is -0.347. The minimum absolute atomic E-state index is 0.347. The largest absolute Gasteiger partial charge is 0.298 e. The van der Waals surface area contributed by atoms with Gasteiger partial charge in [0.2, 0.25) is 0 Å². The Balaban J connectivity index is 1.77. The molecule has 4 rings (SSSR count). The van der Waals surface area contributed by atoms with Gasteiger partial charge in [-0.3, -0.25) is 4.79 Å². The van der Waals surface area contributed by atoms with Crippen LogP contribution in [0, 0.1) is 5.82 Å². The number of benzene rings is 3. The lowest BCUT2D eigenvalue weighted by Crippen LogP contribution is -1.94. The maximum absolute atomic E-state index is 14.7. The van der Waals surface area contributed by atoms with E-state index in [-0.39, 0.29) is 5.82 Å². The number of aromatic nitrogens is 2. The number of nitrogens with zero attached hydrogens (tertiary/aromatic N) is 2. The van der Waals surface area contributed by atoms with Gasteiger partial charge in [-0.2, -0.15) is 5.10 Å². The van der Waals surface area contributed by atoms with E-state index in [1.807, 2.05) is 60.7 Å². The minimum Gasteiger partial charge on any atom is -0.298 e. The number of carbonyl (C=O) groups excluding carboxylic acids is 1. The van der Waals surface area contributed by atoms with Crippen LogP contribution in [0.5, 0.6) is 0 Å². The number of hydrogen-bond donors (Lipinski definition) is 0. The van der Waals surface area contributed by atoms with Gasteiger partial charge in [0.15, 0.2) is 6.29 Å². The maximum Gasteiger partial charge on any atom is 0.153 e. The van der Waals surface area contributed by atoms with Crippen LogP contribution in [0.1, 0.15) is 10.4 Å². The van der Waals surface area contributed by atoms with Gasteiger partial charge in [-0.25, -0.2) is 9.07 Å². The maximum atomic E-state index is 14.7. The van der Waals surface area contributed by atoms with Crippen molar-refractivity contribution >= 4 is 6.29 Å². The molecule has 0 unspecified atom stereocenters. The minimum atomic E-state index is -0.347. The lowest BCUT2D eigenvalue weighted by atomic mass is 10.0. The summed E-state index contributed by atoms with van der Waals surface area (Å²) in [6.07, 6.45) is 2.39. The van der Waals surface area contributed by atoms with Crippen molar-refractivity contribution in [2.45, 2.75) is 0 Å². The monoisotopic (exact) mass is 342 g/mol. The zero-order valence-corrected chi connectivity index (χ0v) is 13.8. The van der Waals surface area contributed by atoms with E-state index >= 15 is 0 Å².